The Bertz CT molecular complexity index is 1190. The van der Waals surface area contributed by atoms with E-state index in [2.05, 4.69) is 36.1 Å². The molecule has 0 spiro atoms. The van der Waals surface area contributed by atoms with Crippen molar-refractivity contribution >= 4 is 12.0 Å². The fraction of sp³-hybridized carbons (Fsp3) is 0.533. The Hall–Kier alpha value is -2.86. The second-order valence-corrected chi connectivity index (χ2v) is 11.8. The van der Waals surface area contributed by atoms with E-state index in [1.807, 2.05) is 39.5 Å². The summed E-state index contributed by atoms with van der Waals surface area (Å²) >= 11 is 0. The van der Waals surface area contributed by atoms with Crippen LogP contribution in [0.4, 0.5) is 4.79 Å². The number of carbonyl (C=O) groups excluding carboxylic acids is 1. The maximum atomic E-state index is 13.6. The van der Waals surface area contributed by atoms with Gasteiger partial charge in [-0.2, -0.15) is 0 Å². The number of amides is 2. The predicted octanol–water partition coefficient (Wildman–Crippen LogP) is 6.28. The lowest BCUT2D eigenvalue weighted by molar-refractivity contribution is -0.160. The molecule has 2 fully saturated rings. The van der Waals surface area contributed by atoms with E-state index in [9.17, 15) is 14.7 Å². The standard InChI is InChI=1S/C30H38N2O4/c1-17-7-9-20(10-8-17)25-18(2)23-15-31(29(35)32-21-11-12-22(32)14-13-21)16-24(23)19(3)26(25)27(28(33)34)36-30(4,5)6/h7-10,21-22,27H,11-16H2,1-6H3,(H,33,34)/t21?,22?,27-/m0/s1. The molecule has 6 nitrogen and oxygen atoms in total. The normalized spacial score (nSPS) is 21.7. The number of urea groups is 1. The van der Waals surface area contributed by atoms with E-state index in [-0.39, 0.29) is 6.03 Å². The molecule has 2 bridgehead atoms. The highest BCUT2D eigenvalue weighted by Crippen LogP contribution is 2.45. The molecule has 1 N–H and O–H groups in total. The molecule has 0 saturated carbocycles. The van der Waals surface area contributed by atoms with Gasteiger partial charge in [0.15, 0.2) is 6.10 Å². The zero-order valence-electron chi connectivity index (χ0n) is 22.4. The summed E-state index contributed by atoms with van der Waals surface area (Å²) in [7, 11) is 0. The van der Waals surface area contributed by atoms with Gasteiger partial charge < -0.3 is 19.6 Å². The van der Waals surface area contributed by atoms with Crippen LogP contribution in [0.1, 0.15) is 85.9 Å². The lowest BCUT2D eigenvalue weighted by atomic mass is 9.83. The van der Waals surface area contributed by atoms with Gasteiger partial charge in [-0.15, -0.1) is 0 Å². The van der Waals surface area contributed by atoms with Crippen molar-refractivity contribution in [2.45, 2.75) is 104 Å². The smallest absolute Gasteiger partial charge is 0.337 e. The highest BCUT2D eigenvalue weighted by atomic mass is 16.5. The molecule has 1 atom stereocenters. The van der Waals surface area contributed by atoms with Gasteiger partial charge in [-0.3, -0.25) is 0 Å². The van der Waals surface area contributed by atoms with Crippen molar-refractivity contribution in [1.82, 2.24) is 9.80 Å². The lowest BCUT2D eigenvalue weighted by Crippen LogP contribution is -2.43. The van der Waals surface area contributed by atoms with E-state index >= 15 is 0 Å². The molecule has 0 aliphatic carbocycles. The molecule has 2 aromatic rings. The second-order valence-electron chi connectivity index (χ2n) is 11.8. The zero-order chi connectivity index (χ0) is 25.9. The third kappa shape index (κ3) is 4.19. The number of aryl methyl sites for hydroxylation is 1. The highest BCUT2D eigenvalue weighted by molar-refractivity contribution is 5.85. The summed E-state index contributed by atoms with van der Waals surface area (Å²) in [5, 5.41) is 10.3. The molecule has 3 aliphatic rings. The number of nitrogens with zero attached hydrogens (tertiary/aromatic N) is 2. The Morgan fingerprint density at radius 3 is 1.94 bits per heavy atom. The first-order valence-corrected chi connectivity index (χ1v) is 13.2. The number of hydrogen-bond acceptors (Lipinski definition) is 3. The number of carbonyl (C=O) groups is 2. The second kappa shape index (κ2) is 8.91. The van der Waals surface area contributed by atoms with Crippen LogP contribution in [0.15, 0.2) is 24.3 Å². The number of aliphatic carboxylic acids is 1. The molecule has 2 aromatic carbocycles. The lowest BCUT2D eigenvalue weighted by Gasteiger charge is -2.30. The first-order valence-electron chi connectivity index (χ1n) is 13.2. The quantitative estimate of drug-likeness (QED) is 0.547. The number of rotatable bonds is 4. The Labute approximate surface area is 214 Å². The van der Waals surface area contributed by atoms with E-state index < -0.39 is 17.7 Å². The minimum absolute atomic E-state index is 0.133. The van der Waals surface area contributed by atoms with Crippen molar-refractivity contribution < 1.29 is 19.4 Å². The number of carboxylic acid groups (broad SMARTS) is 1. The first kappa shape index (κ1) is 24.8. The molecular formula is C30H38N2O4. The van der Waals surface area contributed by atoms with Gasteiger partial charge in [0.1, 0.15) is 0 Å². The fourth-order valence-electron chi connectivity index (χ4n) is 6.55. The minimum atomic E-state index is -1.11. The number of carboxylic acids is 1. The van der Waals surface area contributed by atoms with Crippen LogP contribution in [0.5, 0.6) is 0 Å². The molecular weight excluding hydrogens is 452 g/mol. The summed E-state index contributed by atoms with van der Waals surface area (Å²) in [6, 6.07) is 9.12. The topological polar surface area (TPSA) is 70.1 Å². The third-order valence-electron chi connectivity index (χ3n) is 8.26. The van der Waals surface area contributed by atoms with Crippen LogP contribution in [-0.4, -0.2) is 44.6 Å². The summed E-state index contributed by atoms with van der Waals surface area (Å²) in [6.07, 6.45) is 3.34. The van der Waals surface area contributed by atoms with Crippen molar-refractivity contribution in [2.75, 3.05) is 0 Å². The van der Waals surface area contributed by atoms with Crippen LogP contribution in [0.3, 0.4) is 0 Å². The SMILES string of the molecule is Cc1ccc(-c2c(C)c3c(c(C)c2[C@H](OC(C)(C)C)C(=O)O)CN(C(=O)N2C4CCC2CC4)C3)cc1. The maximum absolute atomic E-state index is 13.6. The minimum Gasteiger partial charge on any atom is -0.479 e. The number of fused-ring (bicyclic) bond motifs is 3. The molecule has 192 valence electrons. The third-order valence-corrected chi connectivity index (χ3v) is 8.26. The summed E-state index contributed by atoms with van der Waals surface area (Å²) < 4.78 is 6.17. The Morgan fingerprint density at radius 1 is 0.917 bits per heavy atom. The molecule has 36 heavy (non-hydrogen) atoms. The van der Waals surface area contributed by atoms with Crippen LogP contribution in [-0.2, 0) is 22.6 Å². The average Bonchev–Trinajstić information content (AvgIpc) is 3.54. The van der Waals surface area contributed by atoms with Gasteiger partial charge in [0.05, 0.1) is 5.60 Å². The molecule has 0 radical (unpaired) electrons. The highest BCUT2D eigenvalue weighted by Gasteiger charge is 2.45. The molecule has 5 rings (SSSR count). The van der Waals surface area contributed by atoms with Gasteiger partial charge >= 0.3 is 12.0 Å². The maximum Gasteiger partial charge on any atom is 0.337 e. The number of hydrogen-bond donors (Lipinski definition) is 1. The van der Waals surface area contributed by atoms with Crippen molar-refractivity contribution in [3.05, 3.63) is 57.6 Å². The molecule has 0 aromatic heterocycles. The summed E-state index contributed by atoms with van der Waals surface area (Å²) in [5.41, 5.74) is 7.28. The van der Waals surface area contributed by atoms with Crippen molar-refractivity contribution in [3.63, 3.8) is 0 Å². The van der Waals surface area contributed by atoms with Gasteiger partial charge in [0.25, 0.3) is 0 Å². The molecule has 3 heterocycles. The molecule has 2 saturated heterocycles. The van der Waals surface area contributed by atoms with Gasteiger partial charge in [-0.1, -0.05) is 29.8 Å². The Morgan fingerprint density at radius 2 is 1.44 bits per heavy atom. The monoisotopic (exact) mass is 490 g/mol. The van der Waals surface area contributed by atoms with Crippen LogP contribution in [0.2, 0.25) is 0 Å². The summed E-state index contributed by atoms with van der Waals surface area (Å²) in [6.45, 7) is 12.8. The predicted molar refractivity (Wildman–Crippen MR) is 140 cm³/mol. The zero-order valence-corrected chi connectivity index (χ0v) is 22.4. The Kier molecular flexibility index (Phi) is 6.14. The molecule has 2 amide bonds. The largest absolute Gasteiger partial charge is 0.479 e. The van der Waals surface area contributed by atoms with Crippen molar-refractivity contribution in [3.8, 4) is 11.1 Å². The van der Waals surface area contributed by atoms with Crippen LogP contribution in [0, 0.1) is 20.8 Å². The van der Waals surface area contributed by atoms with Gasteiger partial charge in [-0.05, 0) is 101 Å². The van der Waals surface area contributed by atoms with E-state index in [0.717, 1.165) is 64.6 Å². The number of benzene rings is 2. The van der Waals surface area contributed by atoms with E-state index in [1.54, 1.807) is 0 Å². The summed E-state index contributed by atoms with van der Waals surface area (Å²) in [4.78, 5) is 30.3. The molecule has 3 aliphatic heterocycles. The van der Waals surface area contributed by atoms with E-state index in [4.69, 9.17) is 4.74 Å². The van der Waals surface area contributed by atoms with Gasteiger partial charge in [-0.25, -0.2) is 9.59 Å². The molecule has 6 heteroatoms. The molecule has 0 unspecified atom stereocenters. The van der Waals surface area contributed by atoms with E-state index in [0.29, 0.717) is 30.7 Å². The Balaban J connectivity index is 1.62. The summed E-state index contributed by atoms with van der Waals surface area (Å²) in [5.74, 6) is -1.000. The average molecular weight is 491 g/mol. The van der Waals surface area contributed by atoms with Crippen molar-refractivity contribution in [1.29, 1.82) is 0 Å². The van der Waals surface area contributed by atoms with Crippen LogP contribution < -0.4 is 0 Å². The van der Waals surface area contributed by atoms with Gasteiger partial charge in [0, 0.05) is 30.7 Å². The number of ether oxygens (including phenoxy) is 1. The van der Waals surface area contributed by atoms with E-state index in [1.165, 1.54) is 0 Å². The van der Waals surface area contributed by atoms with Crippen molar-refractivity contribution in [2.24, 2.45) is 0 Å². The van der Waals surface area contributed by atoms with Gasteiger partial charge in [0.2, 0.25) is 0 Å². The fourth-order valence-corrected chi connectivity index (χ4v) is 6.55. The van der Waals surface area contributed by atoms with Crippen LogP contribution in [0.25, 0.3) is 11.1 Å². The first-order chi connectivity index (χ1) is 17.0. The van der Waals surface area contributed by atoms with Crippen LogP contribution >= 0.6 is 0 Å².